The molecule has 2 rings (SSSR count). The van der Waals surface area contributed by atoms with E-state index in [0.29, 0.717) is 10.2 Å². The molecule has 6 heteroatoms. The van der Waals surface area contributed by atoms with Crippen LogP contribution in [0.3, 0.4) is 0 Å². The summed E-state index contributed by atoms with van der Waals surface area (Å²) in [5.41, 5.74) is -0.851. The molecule has 0 saturated heterocycles. The maximum absolute atomic E-state index is 11.9. The molecule has 1 N–H and O–H groups in total. The molecule has 0 aliphatic heterocycles. The van der Waals surface area contributed by atoms with Crippen molar-refractivity contribution in [1.29, 1.82) is 0 Å². The van der Waals surface area contributed by atoms with Crippen LogP contribution in [0.2, 0.25) is 0 Å². The SMILES string of the molecule is CCOC(=O)c1c(O)c2ccsc2n(C)c1=O. The molecule has 5 nitrogen and oxygen atoms in total. The van der Waals surface area contributed by atoms with E-state index in [9.17, 15) is 14.7 Å². The number of nitrogens with zero attached hydrogens (tertiary/aromatic N) is 1. The summed E-state index contributed by atoms with van der Waals surface area (Å²) in [5.74, 6) is -1.10. The molecule has 0 spiro atoms. The Balaban J connectivity index is 2.79. The Hall–Kier alpha value is -1.82. The zero-order valence-electron chi connectivity index (χ0n) is 9.39. The van der Waals surface area contributed by atoms with Gasteiger partial charge in [0, 0.05) is 7.05 Å². The number of pyridine rings is 1. The molecular weight excluding hydrogens is 242 g/mol. The smallest absolute Gasteiger partial charge is 0.347 e. The number of aromatic hydroxyl groups is 1. The lowest BCUT2D eigenvalue weighted by atomic mass is 10.2. The van der Waals surface area contributed by atoms with Crippen molar-refractivity contribution in [3.8, 4) is 5.75 Å². The molecular formula is C11H11NO4S. The van der Waals surface area contributed by atoms with E-state index in [1.807, 2.05) is 0 Å². The summed E-state index contributed by atoms with van der Waals surface area (Å²) in [6.45, 7) is 1.80. The molecule has 0 aliphatic rings. The highest BCUT2D eigenvalue weighted by Crippen LogP contribution is 2.29. The van der Waals surface area contributed by atoms with Crippen molar-refractivity contribution >= 4 is 27.5 Å². The van der Waals surface area contributed by atoms with E-state index in [0.717, 1.165) is 0 Å². The predicted molar refractivity (Wildman–Crippen MR) is 64.7 cm³/mol. The first-order valence-corrected chi connectivity index (χ1v) is 5.92. The van der Waals surface area contributed by atoms with Crippen LogP contribution in [0.4, 0.5) is 0 Å². The van der Waals surface area contributed by atoms with E-state index >= 15 is 0 Å². The van der Waals surface area contributed by atoms with Crippen LogP contribution in [0.25, 0.3) is 10.2 Å². The first-order valence-electron chi connectivity index (χ1n) is 5.04. The van der Waals surface area contributed by atoms with Gasteiger partial charge in [0.1, 0.15) is 10.6 Å². The third-order valence-corrected chi connectivity index (χ3v) is 3.43. The zero-order chi connectivity index (χ0) is 12.6. The topological polar surface area (TPSA) is 68.5 Å². The fourth-order valence-electron chi connectivity index (χ4n) is 1.62. The minimum absolute atomic E-state index is 0.156. The van der Waals surface area contributed by atoms with Crippen LogP contribution in [0.15, 0.2) is 16.2 Å². The Bertz CT molecular complexity index is 641. The van der Waals surface area contributed by atoms with Gasteiger partial charge in [-0.15, -0.1) is 11.3 Å². The Morgan fingerprint density at radius 2 is 2.29 bits per heavy atom. The molecule has 2 aromatic rings. The first-order chi connectivity index (χ1) is 8.07. The first kappa shape index (κ1) is 11.7. The number of hydrogen-bond acceptors (Lipinski definition) is 5. The molecule has 0 fully saturated rings. The highest BCUT2D eigenvalue weighted by Gasteiger charge is 2.22. The van der Waals surface area contributed by atoms with Gasteiger partial charge in [-0.2, -0.15) is 0 Å². The normalized spacial score (nSPS) is 10.7. The number of esters is 1. The van der Waals surface area contributed by atoms with E-state index in [4.69, 9.17) is 4.74 Å². The van der Waals surface area contributed by atoms with Crippen LogP contribution >= 0.6 is 11.3 Å². The van der Waals surface area contributed by atoms with Crippen LogP contribution in [-0.2, 0) is 11.8 Å². The molecule has 0 radical (unpaired) electrons. The number of fused-ring (bicyclic) bond motifs is 1. The number of ether oxygens (including phenoxy) is 1. The average molecular weight is 253 g/mol. The van der Waals surface area contributed by atoms with Crippen molar-refractivity contribution in [2.75, 3.05) is 6.61 Å². The molecule has 0 atom stereocenters. The summed E-state index contributed by atoms with van der Waals surface area (Å²) < 4.78 is 6.10. The highest BCUT2D eigenvalue weighted by molar-refractivity contribution is 7.16. The third kappa shape index (κ3) is 1.70. The van der Waals surface area contributed by atoms with Gasteiger partial charge >= 0.3 is 5.97 Å². The number of aromatic nitrogens is 1. The lowest BCUT2D eigenvalue weighted by Crippen LogP contribution is -2.25. The second kappa shape index (κ2) is 4.21. The van der Waals surface area contributed by atoms with E-state index in [1.165, 1.54) is 15.9 Å². The highest BCUT2D eigenvalue weighted by atomic mass is 32.1. The Morgan fingerprint density at radius 1 is 1.59 bits per heavy atom. The fourth-order valence-corrected chi connectivity index (χ4v) is 2.49. The Morgan fingerprint density at radius 3 is 2.94 bits per heavy atom. The number of hydrogen-bond donors (Lipinski definition) is 1. The lowest BCUT2D eigenvalue weighted by molar-refractivity contribution is 0.0520. The summed E-state index contributed by atoms with van der Waals surface area (Å²) in [6, 6.07) is 1.66. The van der Waals surface area contributed by atoms with Crippen molar-refractivity contribution in [2.45, 2.75) is 6.92 Å². The molecule has 2 heterocycles. The maximum atomic E-state index is 11.9. The van der Waals surface area contributed by atoms with Crippen molar-refractivity contribution in [1.82, 2.24) is 4.57 Å². The quantitative estimate of drug-likeness (QED) is 0.823. The number of carbonyl (C=O) groups excluding carboxylic acids is 1. The van der Waals surface area contributed by atoms with E-state index in [-0.39, 0.29) is 17.9 Å². The van der Waals surface area contributed by atoms with Crippen molar-refractivity contribution < 1.29 is 14.6 Å². The number of thiophene rings is 1. The van der Waals surface area contributed by atoms with Crippen molar-refractivity contribution in [2.24, 2.45) is 7.05 Å². The summed E-state index contributed by atoms with van der Waals surface area (Å²) in [4.78, 5) is 24.2. The molecule has 0 unspecified atom stereocenters. The summed E-state index contributed by atoms with van der Waals surface area (Å²) in [5, 5.41) is 12.2. The van der Waals surface area contributed by atoms with Gasteiger partial charge in [-0.1, -0.05) is 0 Å². The molecule has 0 amide bonds. The van der Waals surface area contributed by atoms with Gasteiger partial charge < -0.3 is 14.4 Å². The third-order valence-electron chi connectivity index (χ3n) is 2.44. The molecule has 0 aliphatic carbocycles. The van der Waals surface area contributed by atoms with Crippen LogP contribution in [0, 0.1) is 0 Å². The molecule has 90 valence electrons. The Labute approximate surface area is 101 Å². The van der Waals surface area contributed by atoms with Crippen molar-refractivity contribution in [3.05, 3.63) is 27.4 Å². The summed E-state index contributed by atoms with van der Waals surface area (Å²) in [7, 11) is 1.56. The largest absolute Gasteiger partial charge is 0.506 e. The second-order valence-electron chi connectivity index (χ2n) is 3.45. The van der Waals surface area contributed by atoms with Gasteiger partial charge in [0.05, 0.1) is 12.0 Å². The van der Waals surface area contributed by atoms with E-state index in [2.05, 4.69) is 0 Å². The zero-order valence-corrected chi connectivity index (χ0v) is 10.2. The van der Waals surface area contributed by atoms with Crippen LogP contribution in [0.1, 0.15) is 17.3 Å². The predicted octanol–water partition coefficient (Wildman–Crippen LogP) is 1.48. The number of aryl methyl sites for hydroxylation is 1. The minimum Gasteiger partial charge on any atom is -0.506 e. The van der Waals surface area contributed by atoms with Gasteiger partial charge in [-0.05, 0) is 18.4 Å². The van der Waals surface area contributed by atoms with Crippen LogP contribution in [0.5, 0.6) is 5.75 Å². The lowest BCUT2D eigenvalue weighted by Gasteiger charge is -2.07. The second-order valence-corrected chi connectivity index (χ2v) is 4.34. The van der Waals surface area contributed by atoms with Gasteiger partial charge in [0.25, 0.3) is 5.56 Å². The molecule has 17 heavy (non-hydrogen) atoms. The van der Waals surface area contributed by atoms with Gasteiger partial charge in [0.15, 0.2) is 5.56 Å². The number of carbonyl (C=O) groups is 1. The van der Waals surface area contributed by atoms with Crippen LogP contribution < -0.4 is 5.56 Å². The van der Waals surface area contributed by atoms with E-state index in [1.54, 1.807) is 25.4 Å². The fraction of sp³-hybridized carbons (Fsp3) is 0.273. The summed E-state index contributed by atoms with van der Waals surface area (Å²) >= 11 is 1.33. The molecule has 2 aromatic heterocycles. The average Bonchev–Trinajstić information content (AvgIpc) is 2.76. The minimum atomic E-state index is -0.793. The molecule has 0 bridgehead atoms. The summed E-state index contributed by atoms with van der Waals surface area (Å²) in [6.07, 6.45) is 0. The molecule has 0 aromatic carbocycles. The monoisotopic (exact) mass is 253 g/mol. The van der Waals surface area contributed by atoms with Crippen molar-refractivity contribution in [3.63, 3.8) is 0 Å². The van der Waals surface area contributed by atoms with Crippen LogP contribution in [-0.4, -0.2) is 22.2 Å². The maximum Gasteiger partial charge on any atom is 0.347 e. The van der Waals surface area contributed by atoms with Gasteiger partial charge in [-0.3, -0.25) is 4.79 Å². The van der Waals surface area contributed by atoms with E-state index < -0.39 is 11.5 Å². The van der Waals surface area contributed by atoms with Gasteiger partial charge in [-0.25, -0.2) is 4.79 Å². The Kier molecular flexibility index (Phi) is 2.89. The molecule has 0 saturated carbocycles. The number of rotatable bonds is 2. The standard InChI is InChI=1S/C11H11NO4S/c1-3-16-11(15)7-8(13)6-4-5-17-10(6)12(2)9(7)14/h4-5,13H,3H2,1-2H3. The van der Waals surface area contributed by atoms with Gasteiger partial charge in [0.2, 0.25) is 0 Å².